The third-order valence-electron chi connectivity index (χ3n) is 7.68. The topological polar surface area (TPSA) is 110 Å². The predicted molar refractivity (Wildman–Crippen MR) is 138 cm³/mol. The van der Waals surface area contributed by atoms with Gasteiger partial charge in [0.15, 0.2) is 11.5 Å². The van der Waals surface area contributed by atoms with Crippen LogP contribution in [0.25, 0.3) is 11.1 Å². The maximum absolute atomic E-state index is 13.4. The highest BCUT2D eigenvalue weighted by molar-refractivity contribution is 5.88. The van der Waals surface area contributed by atoms with Crippen molar-refractivity contribution in [1.29, 1.82) is 0 Å². The molecular weight excluding hydrogens is 458 g/mol. The molecule has 1 aliphatic heterocycles. The molecule has 7 nitrogen and oxygen atoms in total. The minimum Gasteiger partial charge on any atom is -0.457 e. The Kier molecular flexibility index (Phi) is 9.12. The molecular formula is C29H41NO6. The second-order valence-electron chi connectivity index (χ2n) is 10.9. The summed E-state index contributed by atoms with van der Waals surface area (Å²) in [5.74, 6) is -0.896. The summed E-state index contributed by atoms with van der Waals surface area (Å²) in [6, 6.07) is 5.55. The number of esters is 1. The zero-order valence-electron chi connectivity index (χ0n) is 22.4. The van der Waals surface area contributed by atoms with Crippen molar-refractivity contribution in [3.63, 3.8) is 0 Å². The van der Waals surface area contributed by atoms with E-state index in [0.29, 0.717) is 29.8 Å². The van der Waals surface area contributed by atoms with Crippen molar-refractivity contribution in [2.75, 3.05) is 0 Å². The van der Waals surface area contributed by atoms with Crippen molar-refractivity contribution in [2.24, 2.45) is 17.3 Å². The summed E-state index contributed by atoms with van der Waals surface area (Å²) in [5, 5.41) is 21.9. The number of Topliss-reactive ketones (excluding diaryl/α,β-unsaturated/α-hetero) is 1. The van der Waals surface area contributed by atoms with Gasteiger partial charge in [0.1, 0.15) is 17.4 Å². The molecule has 0 unspecified atom stereocenters. The fraction of sp³-hybridized carbons (Fsp3) is 0.621. The number of carbonyl (C=O) groups excluding carboxylic acids is 2. The number of aliphatic hydroxyl groups is 2. The molecule has 0 bridgehead atoms. The van der Waals surface area contributed by atoms with Crippen molar-refractivity contribution in [3.8, 4) is 0 Å². The number of rotatable bonds is 2. The number of hydrogen-bond donors (Lipinski definition) is 2. The van der Waals surface area contributed by atoms with Gasteiger partial charge < -0.3 is 19.4 Å². The van der Waals surface area contributed by atoms with E-state index < -0.39 is 35.6 Å². The van der Waals surface area contributed by atoms with Crippen molar-refractivity contribution >= 4 is 22.9 Å². The lowest BCUT2D eigenvalue weighted by Gasteiger charge is -2.35. The van der Waals surface area contributed by atoms with Crippen LogP contribution in [-0.2, 0) is 14.3 Å². The van der Waals surface area contributed by atoms with Crippen LogP contribution in [0.15, 0.2) is 34.3 Å². The van der Waals surface area contributed by atoms with E-state index in [0.717, 1.165) is 24.8 Å². The molecule has 0 spiro atoms. The van der Waals surface area contributed by atoms with Gasteiger partial charge in [-0.2, -0.15) is 0 Å². The van der Waals surface area contributed by atoms with Gasteiger partial charge in [-0.3, -0.25) is 9.59 Å². The van der Waals surface area contributed by atoms with E-state index in [-0.39, 0.29) is 18.1 Å². The molecule has 2 heterocycles. The molecule has 5 atom stereocenters. The number of cyclic esters (lactones) is 1. The Morgan fingerprint density at radius 2 is 1.89 bits per heavy atom. The standard InChI is InChI=1S/C29H41NO6/c1-7-21-27(33)18(3)10-8-9-17(2)11-13-23(20-12-14-24-22(15-20)30-19(4)35-24)36-26(32)16-25(31)29(5,6)28(21)34/h11-12,14-15,18,21,23,25,27,31,33H,7-10,13,16H2,1-6H3/t18-,21+,23-,25-,27-/m0/s1. The van der Waals surface area contributed by atoms with Crippen LogP contribution in [0, 0.1) is 24.2 Å². The van der Waals surface area contributed by atoms with Gasteiger partial charge in [0.25, 0.3) is 0 Å². The first kappa shape index (κ1) is 28.1. The van der Waals surface area contributed by atoms with Crippen LogP contribution in [0.3, 0.4) is 0 Å². The maximum Gasteiger partial charge on any atom is 0.309 e. The van der Waals surface area contributed by atoms with Crippen LogP contribution >= 0.6 is 0 Å². The summed E-state index contributed by atoms with van der Waals surface area (Å²) >= 11 is 0. The van der Waals surface area contributed by atoms with Crippen molar-refractivity contribution in [1.82, 2.24) is 4.98 Å². The lowest BCUT2D eigenvalue weighted by Crippen LogP contribution is -2.46. The van der Waals surface area contributed by atoms with E-state index in [9.17, 15) is 19.8 Å². The van der Waals surface area contributed by atoms with Gasteiger partial charge >= 0.3 is 5.97 Å². The van der Waals surface area contributed by atoms with Crippen molar-refractivity contribution in [3.05, 3.63) is 41.3 Å². The lowest BCUT2D eigenvalue weighted by atomic mass is 9.71. The van der Waals surface area contributed by atoms with Crippen LogP contribution in [0.1, 0.15) is 90.7 Å². The van der Waals surface area contributed by atoms with Gasteiger partial charge in [0.05, 0.1) is 24.0 Å². The highest BCUT2D eigenvalue weighted by Crippen LogP contribution is 2.35. The van der Waals surface area contributed by atoms with E-state index in [1.165, 1.54) is 5.57 Å². The number of aromatic nitrogens is 1. The van der Waals surface area contributed by atoms with Gasteiger partial charge in [0, 0.05) is 19.3 Å². The second-order valence-corrected chi connectivity index (χ2v) is 10.9. The molecule has 1 aromatic heterocycles. The fourth-order valence-electron chi connectivity index (χ4n) is 5.04. The Morgan fingerprint density at radius 3 is 2.58 bits per heavy atom. The lowest BCUT2D eigenvalue weighted by molar-refractivity contribution is -0.156. The summed E-state index contributed by atoms with van der Waals surface area (Å²) in [5.41, 5.74) is 2.12. The van der Waals surface area contributed by atoms with Gasteiger partial charge in [-0.05, 0) is 56.2 Å². The number of fused-ring (bicyclic) bond motifs is 1. The molecule has 3 rings (SSSR count). The van der Waals surface area contributed by atoms with Crippen LogP contribution in [0.4, 0.5) is 0 Å². The van der Waals surface area contributed by atoms with Crippen molar-refractivity contribution < 1.29 is 29.0 Å². The summed E-state index contributed by atoms with van der Waals surface area (Å²) < 4.78 is 11.4. The number of aryl methyl sites for hydroxylation is 1. The zero-order chi connectivity index (χ0) is 26.6. The number of ketones is 1. The number of carbonyl (C=O) groups is 2. The van der Waals surface area contributed by atoms with Gasteiger partial charge in [0.2, 0.25) is 0 Å². The normalized spacial score (nSPS) is 29.1. The molecule has 1 aromatic carbocycles. The maximum atomic E-state index is 13.4. The Morgan fingerprint density at radius 1 is 1.17 bits per heavy atom. The minimum absolute atomic E-state index is 0.0529. The number of benzene rings is 1. The van der Waals surface area contributed by atoms with E-state index in [2.05, 4.69) is 18.0 Å². The molecule has 0 radical (unpaired) electrons. The molecule has 36 heavy (non-hydrogen) atoms. The van der Waals surface area contributed by atoms with Crippen molar-refractivity contribution in [2.45, 2.75) is 98.4 Å². The third kappa shape index (κ3) is 6.43. The van der Waals surface area contributed by atoms with Gasteiger partial charge in [-0.15, -0.1) is 0 Å². The Hall–Kier alpha value is -2.51. The average molecular weight is 500 g/mol. The predicted octanol–water partition coefficient (Wildman–Crippen LogP) is 5.61. The van der Waals surface area contributed by atoms with E-state index in [1.54, 1.807) is 20.8 Å². The second kappa shape index (κ2) is 11.7. The highest BCUT2D eigenvalue weighted by atomic mass is 16.5. The first-order valence-corrected chi connectivity index (χ1v) is 13.1. The van der Waals surface area contributed by atoms with Crippen LogP contribution < -0.4 is 0 Å². The Labute approximate surface area is 213 Å². The molecule has 0 fully saturated rings. The molecule has 1 aliphatic rings. The van der Waals surface area contributed by atoms with Gasteiger partial charge in [-0.25, -0.2) is 4.98 Å². The largest absolute Gasteiger partial charge is 0.457 e. The highest BCUT2D eigenvalue weighted by Gasteiger charge is 2.43. The molecule has 0 amide bonds. The van der Waals surface area contributed by atoms with Crippen LogP contribution in [-0.4, -0.2) is 39.2 Å². The average Bonchev–Trinajstić information content (AvgIpc) is 3.20. The Balaban J connectivity index is 1.92. The first-order valence-electron chi connectivity index (χ1n) is 13.1. The summed E-state index contributed by atoms with van der Waals surface area (Å²) in [6.07, 6.45) is 2.66. The smallest absolute Gasteiger partial charge is 0.309 e. The molecule has 0 saturated heterocycles. The SMILES string of the molecule is CC[C@H]1C(=O)C(C)(C)[C@@H](O)CC(=O)O[C@H](c2ccc3oc(C)nc3c2)CC=C(C)CCC[C@H](C)[C@@H]1O. The van der Waals surface area contributed by atoms with E-state index >= 15 is 0 Å². The number of ether oxygens (including phenoxy) is 1. The van der Waals surface area contributed by atoms with E-state index in [1.807, 2.05) is 32.0 Å². The monoisotopic (exact) mass is 499 g/mol. The summed E-state index contributed by atoms with van der Waals surface area (Å²) in [7, 11) is 0. The number of hydrogen-bond acceptors (Lipinski definition) is 7. The molecule has 2 aromatic rings. The molecule has 0 aliphatic carbocycles. The van der Waals surface area contributed by atoms with Gasteiger partial charge in [-0.1, -0.05) is 45.4 Å². The molecule has 0 saturated carbocycles. The minimum atomic E-state index is -1.24. The number of oxazole rings is 1. The molecule has 7 heteroatoms. The summed E-state index contributed by atoms with van der Waals surface area (Å²) in [6.45, 7) is 11.0. The van der Waals surface area contributed by atoms with Crippen LogP contribution in [0.2, 0.25) is 0 Å². The third-order valence-corrected chi connectivity index (χ3v) is 7.68. The molecule has 2 N–H and O–H groups in total. The number of allylic oxidation sites excluding steroid dienone is 1. The molecule has 198 valence electrons. The summed E-state index contributed by atoms with van der Waals surface area (Å²) in [4.78, 5) is 30.8. The first-order chi connectivity index (χ1) is 16.9. The number of aliphatic hydroxyl groups excluding tert-OH is 2. The van der Waals surface area contributed by atoms with E-state index in [4.69, 9.17) is 9.15 Å². The zero-order valence-corrected chi connectivity index (χ0v) is 22.4. The fourth-order valence-corrected chi connectivity index (χ4v) is 5.04. The number of nitrogens with zero attached hydrogens (tertiary/aromatic N) is 1. The van der Waals surface area contributed by atoms with Crippen LogP contribution in [0.5, 0.6) is 0 Å². The Bertz CT molecular complexity index is 1100. The quantitative estimate of drug-likeness (QED) is 0.408.